The SMILES string of the molecule is Cc1occc1C(Cc1cccc2ccccc12)NN. The number of aryl methyl sites for hydroxylation is 1. The summed E-state index contributed by atoms with van der Waals surface area (Å²) in [6, 6.07) is 16.8. The van der Waals surface area contributed by atoms with Gasteiger partial charge in [-0.1, -0.05) is 42.5 Å². The van der Waals surface area contributed by atoms with Crippen molar-refractivity contribution in [2.45, 2.75) is 19.4 Å². The summed E-state index contributed by atoms with van der Waals surface area (Å²) in [5.74, 6) is 6.64. The maximum Gasteiger partial charge on any atom is 0.105 e. The van der Waals surface area contributed by atoms with E-state index in [0.717, 1.165) is 17.7 Å². The molecule has 1 unspecified atom stereocenters. The highest BCUT2D eigenvalue weighted by Crippen LogP contribution is 2.26. The minimum atomic E-state index is 0.0551. The molecular formula is C17H18N2O. The summed E-state index contributed by atoms with van der Waals surface area (Å²) in [7, 11) is 0. The molecule has 0 saturated carbocycles. The Morgan fingerprint density at radius 1 is 1.10 bits per heavy atom. The Kier molecular flexibility index (Phi) is 3.54. The number of furan rings is 1. The normalized spacial score (nSPS) is 12.7. The highest BCUT2D eigenvalue weighted by Gasteiger charge is 2.16. The molecule has 102 valence electrons. The second-order valence-electron chi connectivity index (χ2n) is 4.99. The van der Waals surface area contributed by atoms with Crippen LogP contribution < -0.4 is 11.3 Å². The first-order chi connectivity index (χ1) is 9.79. The molecule has 0 aliphatic rings. The van der Waals surface area contributed by atoms with Crippen molar-refractivity contribution >= 4 is 10.8 Å². The lowest BCUT2D eigenvalue weighted by atomic mass is 9.95. The van der Waals surface area contributed by atoms with Gasteiger partial charge in [0.15, 0.2) is 0 Å². The highest BCUT2D eigenvalue weighted by atomic mass is 16.3. The molecule has 0 amide bonds. The Hall–Kier alpha value is -2.10. The highest BCUT2D eigenvalue weighted by molar-refractivity contribution is 5.85. The molecule has 0 bridgehead atoms. The van der Waals surface area contributed by atoms with Crippen molar-refractivity contribution in [1.29, 1.82) is 0 Å². The first-order valence-corrected chi connectivity index (χ1v) is 6.76. The number of fused-ring (bicyclic) bond motifs is 1. The van der Waals surface area contributed by atoms with Crippen LogP contribution >= 0.6 is 0 Å². The Balaban J connectivity index is 1.98. The van der Waals surface area contributed by atoms with E-state index in [1.807, 2.05) is 13.0 Å². The molecule has 0 fully saturated rings. The standard InChI is InChI=1S/C17H18N2O/c1-12-15(9-10-20-12)17(19-18)11-14-7-4-6-13-5-2-3-8-16(13)14/h2-10,17,19H,11,18H2,1H3. The molecule has 1 atom stereocenters. The summed E-state index contributed by atoms with van der Waals surface area (Å²) in [5.41, 5.74) is 5.29. The van der Waals surface area contributed by atoms with E-state index in [-0.39, 0.29) is 6.04 Å². The number of nitrogens with one attached hydrogen (secondary N) is 1. The van der Waals surface area contributed by atoms with Crippen LogP contribution in [-0.4, -0.2) is 0 Å². The lowest BCUT2D eigenvalue weighted by molar-refractivity contribution is 0.502. The lowest BCUT2D eigenvalue weighted by Crippen LogP contribution is -2.29. The number of hydrogen-bond acceptors (Lipinski definition) is 3. The van der Waals surface area contributed by atoms with Crippen LogP contribution in [0.5, 0.6) is 0 Å². The quantitative estimate of drug-likeness (QED) is 0.561. The molecule has 0 spiro atoms. The number of hydrazine groups is 1. The van der Waals surface area contributed by atoms with Gasteiger partial charge in [-0.15, -0.1) is 0 Å². The van der Waals surface area contributed by atoms with Crippen LogP contribution in [0.1, 0.15) is 22.9 Å². The van der Waals surface area contributed by atoms with Gasteiger partial charge in [-0.05, 0) is 35.7 Å². The molecule has 2 aromatic carbocycles. The third-order valence-electron chi connectivity index (χ3n) is 3.78. The minimum Gasteiger partial charge on any atom is -0.469 e. The maximum absolute atomic E-state index is 5.73. The molecular weight excluding hydrogens is 248 g/mol. The van der Waals surface area contributed by atoms with Crippen molar-refractivity contribution in [2.75, 3.05) is 0 Å². The average Bonchev–Trinajstić information content (AvgIpc) is 2.91. The first kappa shape index (κ1) is 12.9. The van der Waals surface area contributed by atoms with Crippen molar-refractivity contribution < 1.29 is 4.42 Å². The molecule has 0 saturated heterocycles. The van der Waals surface area contributed by atoms with Crippen molar-refractivity contribution in [3.8, 4) is 0 Å². The lowest BCUT2D eigenvalue weighted by Gasteiger charge is -2.16. The number of rotatable bonds is 4. The zero-order chi connectivity index (χ0) is 13.9. The predicted octanol–water partition coefficient (Wildman–Crippen LogP) is 3.49. The van der Waals surface area contributed by atoms with Gasteiger partial charge in [0.05, 0.1) is 12.3 Å². The first-order valence-electron chi connectivity index (χ1n) is 6.76. The Bertz CT molecular complexity index is 712. The molecule has 3 rings (SSSR count). The van der Waals surface area contributed by atoms with Gasteiger partial charge >= 0.3 is 0 Å². The van der Waals surface area contributed by atoms with E-state index < -0.39 is 0 Å². The summed E-state index contributed by atoms with van der Waals surface area (Å²) < 4.78 is 5.38. The summed E-state index contributed by atoms with van der Waals surface area (Å²) in [6.45, 7) is 1.96. The Morgan fingerprint density at radius 3 is 2.65 bits per heavy atom. The van der Waals surface area contributed by atoms with Gasteiger partial charge in [-0.25, -0.2) is 0 Å². The number of nitrogens with two attached hydrogens (primary N) is 1. The van der Waals surface area contributed by atoms with E-state index in [1.54, 1.807) is 6.26 Å². The molecule has 20 heavy (non-hydrogen) atoms. The third kappa shape index (κ3) is 2.33. The van der Waals surface area contributed by atoms with Gasteiger partial charge in [0.1, 0.15) is 5.76 Å². The third-order valence-corrected chi connectivity index (χ3v) is 3.78. The molecule has 0 aliphatic carbocycles. The fraction of sp³-hybridized carbons (Fsp3) is 0.176. The monoisotopic (exact) mass is 266 g/mol. The Morgan fingerprint density at radius 2 is 1.90 bits per heavy atom. The smallest absolute Gasteiger partial charge is 0.105 e. The van der Waals surface area contributed by atoms with Crippen LogP contribution in [-0.2, 0) is 6.42 Å². The molecule has 3 heteroatoms. The fourth-order valence-electron chi connectivity index (χ4n) is 2.71. The molecule has 3 nitrogen and oxygen atoms in total. The van der Waals surface area contributed by atoms with E-state index in [9.17, 15) is 0 Å². The van der Waals surface area contributed by atoms with Gasteiger partial charge in [0, 0.05) is 5.56 Å². The second kappa shape index (κ2) is 5.49. The van der Waals surface area contributed by atoms with Gasteiger partial charge < -0.3 is 4.42 Å². The molecule has 0 aliphatic heterocycles. The predicted molar refractivity (Wildman–Crippen MR) is 81.2 cm³/mol. The molecule has 0 radical (unpaired) electrons. The Labute approximate surface area is 118 Å². The van der Waals surface area contributed by atoms with E-state index in [2.05, 4.69) is 47.9 Å². The minimum absolute atomic E-state index is 0.0551. The molecule has 1 heterocycles. The van der Waals surface area contributed by atoms with E-state index in [0.29, 0.717) is 0 Å². The zero-order valence-electron chi connectivity index (χ0n) is 11.5. The molecule has 1 aromatic heterocycles. The zero-order valence-corrected chi connectivity index (χ0v) is 11.5. The van der Waals surface area contributed by atoms with Crippen molar-refractivity contribution in [3.05, 3.63) is 71.7 Å². The van der Waals surface area contributed by atoms with Crippen LogP contribution in [0.2, 0.25) is 0 Å². The second-order valence-corrected chi connectivity index (χ2v) is 4.99. The maximum atomic E-state index is 5.73. The number of hydrogen-bond donors (Lipinski definition) is 2. The van der Waals surface area contributed by atoms with Gasteiger partial charge in [-0.3, -0.25) is 11.3 Å². The summed E-state index contributed by atoms with van der Waals surface area (Å²) in [4.78, 5) is 0. The van der Waals surface area contributed by atoms with Crippen LogP contribution in [0.3, 0.4) is 0 Å². The number of benzene rings is 2. The van der Waals surface area contributed by atoms with E-state index >= 15 is 0 Å². The average molecular weight is 266 g/mol. The topological polar surface area (TPSA) is 51.2 Å². The van der Waals surface area contributed by atoms with Crippen LogP contribution in [0.25, 0.3) is 10.8 Å². The van der Waals surface area contributed by atoms with Crippen LogP contribution in [0, 0.1) is 6.92 Å². The van der Waals surface area contributed by atoms with E-state index in [1.165, 1.54) is 16.3 Å². The van der Waals surface area contributed by atoms with E-state index in [4.69, 9.17) is 10.3 Å². The summed E-state index contributed by atoms with van der Waals surface area (Å²) >= 11 is 0. The largest absolute Gasteiger partial charge is 0.469 e. The molecule has 3 aromatic rings. The van der Waals surface area contributed by atoms with Crippen molar-refractivity contribution in [3.63, 3.8) is 0 Å². The van der Waals surface area contributed by atoms with Crippen molar-refractivity contribution in [2.24, 2.45) is 5.84 Å². The fourth-order valence-corrected chi connectivity index (χ4v) is 2.71. The summed E-state index contributed by atoms with van der Waals surface area (Å²) in [6.07, 6.45) is 2.54. The van der Waals surface area contributed by atoms with Crippen molar-refractivity contribution in [1.82, 2.24) is 5.43 Å². The van der Waals surface area contributed by atoms with Gasteiger partial charge in [0.2, 0.25) is 0 Å². The van der Waals surface area contributed by atoms with Crippen LogP contribution in [0.4, 0.5) is 0 Å². The molecule has 3 N–H and O–H groups in total. The van der Waals surface area contributed by atoms with Gasteiger partial charge in [-0.2, -0.15) is 0 Å². The summed E-state index contributed by atoms with van der Waals surface area (Å²) in [5, 5.41) is 2.53. The van der Waals surface area contributed by atoms with Gasteiger partial charge in [0.25, 0.3) is 0 Å². The van der Waals surface area contributed by atoms with Crippen LogP contribution in [0.15, 0.2) is 59.2 Å².